The van der Waals surface area contributed by atoms with E-state index in [1.165, 1.54) is 0 Å². The van der Waals surface area contributed by atoms with Crippen molar-refractivity contribution < 1.29 is 19.1 Å². The molecule has 0 aliphatic carbocycles. The molecule has 2 rings (SSSR count). The number of carbonyl (C=O) groups excluding carboxylic acids is 2. The number of halogens is 2. The van der Waals surface area contributed by atoms with E-state index in [-0.39, 0.29) is 30.5 Å². The molecule has 0 aromatic heterocycles. The number of hydrogen-bond donors (Lipinski definition) is 1. The van der Waals surface area contributed by atoms with Crippen molar-refractivity contribution in [2.24, 2.45) is 0 Å². The van der Waals surface area contributed by atoms with E-state index < -0.39 is 6.10 Å². The number of rotatable bonds is 6. The maximum atomic E-state index is 12.3. The first-order valence-electron chi connectivity index (χ1n) is 8.20. The molecular formula is C17H22Cl2N2O4. The molecule has 0 spiro atoms. The van der Waals surface area contributed by atoms with Gasteiger partial charge in [0.15, 0.2) is 6.10 Å². The Balaban J connectivity index is 1.74. The Labute approximate surface area is 157 Å². The van der Waals surface area contributed by atoms with Gasteiger partial charge in [0.2, 0.25) is 0 Å². The molecule has 138 valence electrons. The number of nitrogens with zero attached hydrogens (tertiary/aromatic N) is 1. The van der Waals surface area contributed by atoms with Crippen LogP contribution in [0, 0.1) is 0 Å². The molecule has 1 fully saturated rings. The fourth-order valence-electron chi connectivity index (χ4n) is 2.51. The van der Waals surface area contributed by atoms with Crippen molar-refractivity contribution >= 4 is 35.2 Å². The van der Waals surface area contributed by atoms with Gasteiger partial charge in [-0.2, -0.15) is 0 Å². The standard InChI is InChI=1S/C17H22Cl2N2O4/c1-12(25-15-4-2-13(19)3-5-15)16(22)20-14-6-9-21(10-7-14)17(23)24-11-8-18/h2-5,12,14H,6-11H2,1H3,(H,20,22). The van der Waals surface area contributed by atoms with E-state index in [4.69, 9.17) is 32.7 Å². The molecule has 1 unspecified atom stereocenters. The van der Waals surface area contributed by atoms with Crippen molar-refractivity contribution in [3.63, 3.8) is 0 Å². The second kappa shape index (κ2) is 9.73. The molecule has 1 aromatic rings. The van der Waals surface area contributed by atoms with Gasteiger partial charge in [0.25, 0.3) is 5.91 Å². The molecule has 1 saturated heterocycles. The molecular weight excluding hydrogens is 367 g/mol. The Morgan fingerprint density at radius 1 is 1.28 bits per heavy atom. The van der Waals surface area contributed by atoms with E-state index in [1.54, 1.807) is 36.1 Å². The van der Waals surface area contributed by atoms with Gasteiger partial charge in [-0.15, -0.1) is 11.6 Å². The lowest BCUT2D eigenvalue weighted by molar-refractivity contribution is -0.128. The Hall–Kier alpha value is -1.66. The zero-order valence-electron chi connectivity index (χ0n) is 14.0. The monoisotopic (exact) mass is 388 g/mol. The van der Waals surface area contributed by atoms with Crippen molar-refractivity contribution in [3.05, 3.63) is 29.3 Å². The van der Waals surface area contributed by atoms with Crippen LogP contribution in [0.2, 0.25) is 5.02 Å². The van der Waals surface area contributed by atoms with Crippen LogP contribution in [0.5, 0.6) is 5.75 Å². The van der Waals surface area contributed by atoms with Crippen LogP contribution in [0.1, 0.15) is 19.8 Å². The van der Waals surface area contributed by atoms with Crippen LogP contribution in [0.4, 0.5) is 4.79 Å². The van der Waals surface area contributed by atoms with Crippen LogP contribution in [0.3, 0.4) is 0 Å². The first-order valence-corrected chi connectivity index (χ1v) is 9.11. The minimum atomic E-state index is -0.618. The summed E-state index contributed by atoms with van der Waals surface area (Å²) in [6.07, 6.45) is 0.378. The zero-order valence-corrected chi connectivity index (χ0v) is 15.6. The SMILES string of the molecule is CC(Oc1ccc(Cl)cc1)C(=O)NC1CCN(C(=O)OCCCl)CC1. The lowest BCUT2D eigenvalue weighted by Gasteiger charge is -2.32. The number of amides is 2. The highest BCUT2D eigenvalue weighted by molar-refractivity contribution is 6.30. The maximum absolute atomic E-state index is 12.3. The maximum Gasteiger partial charge on any atom is 0.409 e. The summed E-state index contributed by atoms with van der Waals surface area (Å²) < 4.78 is 10.6. The van der Waals surface area contributed by atoms with Crippen LogP contribution in [0.25, 0.3) is 0 Å². The highest BCUT2D eigenvalue weighted by Gasteiger charge is 2.26. The molecule has 8 heteroatoms. The number of ether oxygens (including phenoxy) is 2. The largest absolute Gasteiger partial charge is 0.481 e. The van der Waals surface area contributed by atoms with Crippen molar-refractivity contribution in [3.8, 4) is 5.75 Å². The molecule has 1 aromatic carbocycles. The number of piperidine rings is 1. The third kappa shape index (κ3) is 6.29. The Morgan fingerprint density at radius 2 is 1.92 bits per heavy atom. The third-order valence-electron chi connectivity index (χ3n) is 3.90. The summed E-state index contributed by atoms with van der Waals surface area (Å²) in [5.41, 5.74) is 0. The fraction of sp³-hybridized carbons (Fsp3) is 0.529. The molecule has 0 radical (unpaired) electrons. The van der Waals surface area contributed by atoms with Gasteiger partial charge in [-0.3, -0.25) is 4.79 Å². The molecule has 1 aliphatic rings. The second-order valence-corrected chi connectivity index (χ2v) is 6.60. The molecule has 0 bridgehead atoms. The van der Waals surface area contributed by atoms with Crippen molar-refractivity contribution in [2.45, 2.75) is 31.9 Å². The number of nitrogens with one attached hydrogen (secondary N) is 1. The molecule has 1 heterocycles. The van der Waals surface area contributed by atoms with Crippen LogP contribution >= 0.6 is 23.2 Å². The van der Waals surface area contributed by atoms with Crippen molar-refractivity contribution in [1.29, 1.82) is 0 Å². The number of alkyl halides is 1. The molecule has 2 amide bonds. The normalized spacial score (nSPS) is 16.2. The Morgan fingerprint density at radius 3 is 2.52 bits per heavy atom. The highest BCUT2D eigenvalue weighted by Crippen LogP contribution is 2.17. The molecule has 1 atom stereocenters. The Bertz CT molecular complexity index is 575. The average molecular weight is 389 g/mol. The fourth-order valence-corrected chi connectivity index (χ4v) is 2.72. The van der Waals surface area contributed by atoms with E-state index in [9.17, 15) is 9.59 Å². The van der Waals surface area contributed by atoms with E-state index in [0.717, 1.165) is 0 Å². The number of hydrogen-bond acceptors (Lipinski definition) is 4. The van der Waals surface area contributed by atoms with Crippen LogP contribution in [0.15, 0.2) is 24.3 Å². The Kier molecular flexibility index (Phi) is 7.65. The molecule has 6 nitrogen and oxygen atoms in total. The van der Waals surface area contributed by atoms with E-state index >= 15 is 0 Å². The van der Waals surface area contributed by atoms with E-state index in [1.807, 2.05) is 0 Å². The summed E-state index contributed by atoms with van der Waals surface area (Å²) in [6.45, 7) is 2.98. The molecule has 0 saturated carbocycles. The van der Waals surface area contributed by atoms with Gasteiger partial charge >= 0.3 is 6.09 Å². The summed E-state index contributed by atoms with van der Waals surface area (Å²) >= 11 is 11.3. The van der Waals surface area contributed by atoms with Gasteiger partial charge in [0, 0.05) is 24.2 Å². The predicted octanol–water partition coefficient (Wildman–Crippen LogP) is 3.06. The third-order valence-corrected chi connectivity index (χ3v) is 4.30. The average Bonchev–Trinajstić information content (AvgIpc) is 2.62. The van der Waals surface area contributed by atoms with Gasteiger partial charge in [0.1, 0.15) is 12.4 Å². The molecule has 25 heavy (non-hydrogen) atoms. The first kappa shape index (κ1) is 19.7. The number of carbonyl (C=O) groups is 2. The second-order valence-electron chi connectivity index (χ2n) is 5.79. The topological polar surface area (TPSA) is 67.9 Å². The predicted molar refractivity (Wildman–Crippen MR) is 96.3 cm³/mol. The quantitative estimate of drug-likeness (QED) is 0.760. The van der Waals surface area contributed by atoms with E-state index in [2.05, 4.69) is 5.32 Å². The number of benzene rings is 1. The highest BCUT2D eigenvalue weighted by atomic mass is 35.5. The lowest BCUT2D eigenvalue weighted by Crippen LogP contribution is -2.49. The lowest BCUT2D eigenvalue weighted by atomic mass is 10.1. The summed E-state index contributed by atoms with van der Waals surface area (Å²) in [7, 11) is 0. The van der Waals surface area contributed by atoms with Crippen LogP contribution < -0.4 is 10.1 Å². The summed E-state index contributed by atoms with van der Waals surface area (Å²) in [5, 5.41) is 3.57. The van der Waals surface area contributed by atoms with Crippen LogP contribution in [-0.2, 0) is 9.53 Å². The number of likely N-dealkylation sites (tertiary alicyclic amines) is 1. The van der Waals surface area contributed by atoms with Gasteiger partial charge in [0.05, 0.1) is 5.88 Å². The zero-order chi connectivity index (χ0) is 18.2. The van der Waals surface area contributed by atoms with Gasteiger partial charge in [-0.25, -0.2) is 4.79 Å². The van der Waals surface area contributed by atoms with Gasteiger partial charge in [-0.05, 0) is 44.0 Å². The van der Waals surface area contributed by atoms with Crippen molar-refractivity contribution in [1.82, 2.24) is 10.2 Å². The molecule has 1 N–H and O–H groups in total. The summed E-state index contributed by atoms with van der Waals surface area (Å²) in [4.78, 5) is 25.6. The summed E-state index contributed by atoms with van der Waals surface area (Å²) in [5.74, 6) is 0.686. The van der Waals surface area contributed by atoms with Gasteiger partial charge in [-0.1, -0.05) is 11.6 Å². The minimum Gasteiger partial charge on any atom is -0.481 e. The summed E-state index contributed by atoms with van der Waals surface area (Å²) in [6, 6.07) is 6.87. The van der Waals surface area contributed by atoms with Crippen LogP contribution in [-0.4, -0.2) is 54.6 Å². The minimum absolute atomic E-state index is 0.0147. The molecule has 1 aliphatic heterocycles. The first-order chi connectivity index (χ1) is 12.0. The van der Waals surface area contributed by atoms with Gasteiger partial charge < -0.3 is 19.7 Å². The van der Waals surface area contributed by atoms with E-state index in [0.29, 0.717) is 36.7 Å². The smallest absolute Gasteiger partial charge is 0.409 e. The van der Waals surface area contributed by atoms with Crippen molar-refractivity contribution in [2.75, 3.05) is 25.6 Å².